The summed E-state index contributed by atoms with van der Waals surface area (Å²) >= 11 is 1.32. The van der Waals surface area contributed by atoms with Gasteiger partial charge in [-0.25, -0.2) is 18.8 Å². The van der Waals surface area contributed by atoms with Gasteiger partial charge in [-0.3, -0.25) is 0 Å². The molecular weight excluding hydrogens is 407 g/mol. The summed E-state index contributed by atoms with van der Waals surface area (Å²) in [5.74, 6) is -0.843. The Hall–Kier alpha value is -2.28. The van der Waals surface area contributed by atoms with Gasteiger partial charge in [0.25, 0.3) is 0 Å². The fourth-order valence-corrected chi connectivity index (χ4v) is 4.65. The van der Waals surface area contributed by atoms with Gasteiger partial charge in [-0.2, -0.15) is 5.26 Å². The fourth-order valence-electron chi connectivity index (χ4n) is 2.81. The molecule has 0 spiro atoms. The number of anilines is 1. The Labute approximate surface area is 176 Å². The molecule has 29 heavy (non-hydrogen) atoms. The van der Waals surface area contributed by atoms with E-state index in [1.165, 1.54) is 17.4 Å². The topological polar surface area (TPSA) is 98.4 Å². The number of halogens is 1. The molecule has 2 aromatic rings. The minimum absolute atomic E-state index is 0.0151. The maximum Gasteiger partial charge on any atom is 0.335 e. The maximum absolute atomic E-state index is 14.8. The van der Waals surface area contributed by atoms with Crippen LogP contribution in [0.2, 0.25) is 0 Å². The molecule has 0 bridgehead atoms. The molecule has 0 fully saturated rings. The van der Waals surface area contributed by atoms with Gasteiger partial charge in [0.1, 0.15) is 22.5 Å². The molecule has 2 amide bonds. The number of hydrogen-bond acceptors (Lipinski definition) is 5. The van der Waals surface area contributed by atoms with Gasteiger partial charge in [-0.1, -0.05) is 27.7 Å². The first-order valence-corrected chi connectivity index (χ1v) is 11.2. The lowest BCUT2D eigenvalue weighted by molar-refractivity contribution is 0.0783. The van der Waals surface area contributed by atoms with Crippen LogP contribution in [0.25, 0.3) is 0 Å². The van der Waals surface area contributed by atoms with Gasteiger partial charge in [0, 0.05) is 16.3 Å². The number of rotatable bonds is 5. The van der Waals surface area contributed by atoms with E-state index in [0.717, 1.165) is 4.50 Å². The van der Waals surface area contributed by atoms with Crippen LogP contribution in [0.5, 0.6) is 0 Å². The lowest BCUT2D eigenvalue weighted by Gasteiger charge is -2.21. The van der Waals surface area contributed by atoms with Gasteiger partial charge >= 0.3 is 6.03 Å². The molecule has 0 saturated heterocycles. The molecule has 1 heterocycles. The minimum atomic E-state index is -1.04. The molecule has 6 nitrogen and oxygen atoms in total. The van der Waals surface area contributed by atoms with Crippen LogP contribution in [-0.2, 0) is 5.60 Å². The van der Waals surface area contributed by atoms with Gasteiger partial charge in [-0.05, 0) is 37.3 Å². The molecule has 154 valence electrons. The first-order chi connectivity index (χ1) is 13.5. The number of carbonyl (C=O) groups is 1. The Balaban J connectivity index is 2.37. The lowest BCUT2D eigenvalue weighted by Crippen LogP contribution is -2.16. The summed E-state index contributed by atoms with van der Waals surface area (Å²) in [6.45, 7) is 10.8. The van der Waals surface area contributed by atoms with E-state index in [1.807, 2.05) is 33.8 Å². The lowest BCUT2D eigenvalue weighted by atomic mass is 9.90. The number of benzene rings is 1. The summed E-state index contributed by atoms with van der Waals surface area (Å²) in [4.78, 5) is 16.7. The molecule has 0 unspecified atom stereocenters. The Morgan fingerprint density at radius 2 is 2.03 bits per heavy atom. The van der Waals surface area contributed by atoms with Crippen molar-refractivity contribution in [1.82, 2.24) is 4.98 Å². The smallest absolute Gasteiger partial charge is 0.335 e. The Bertz CT molecular complexity index is 988. The third kappa shape index (κ3) is 5.41. The van der Waals surface area contributed by atoms with Crippen LogP contribution in [0.15, 0.2) is 16.9 Å². The second-order valence-electron chi connectivity index (χ2n) is 7.85. The zero-order valence-corrected chi connectivity index (χ0v) is 19.3. The molecule has 2 rings (SSSR count). The Morgan fingerprint density at radius 1 is 1.38 bits per heavy atom. The highest BCUT2D eigenvalue weighted by Crippen LogP contribution is 2.36. The summed E-state index contributed by atoms with van der Waals surface area (Å²) in [6, 6.07) is 2.82. The number of aromatic nitrogens is 1. The predicted octanol–water partition coefficient (Wildman–Crippen LogP) is 4.11. The van der Waals surface area contributed by atoms with Gasteiger partial charge in [0.2, 0.25) is 0 Å². The first-order valence-electron chi connectivity index (χ1n) is 9.25. The van der Waals surface area contributed by atoms with E-state index in [-0.39, 0.29) is 17.4 Å². The molecule has 0 aliphatic heterocycles. The van der Waals surface area contributed by atoms with Crippen molar-refractivity contribution < 1.29 is 14.3 Å². The van der Waals surface area contributed by atoms with Crippen molar-refractivity contribution >= 4 is 36.9 Å². The van der Waals surface area contributed by atoms with Crippen LogP contribution in [0.4, 0.5) is 14.9 Å². The highest BCUT2D eigenvalue weighted by atomic mass is 32.1. The quantitative estimate of drug-likeness (QED) is 0.695. The van der Waals surface area contributed by atoms with Crippen molar-refractivity contribution in [2.45, 2.75) is 59.0 Å². The number of carbonyl (C=O) groups excluding carboxylic acids is 1. The first kappa shape index (κ1) is 23.0. The average molecular weight is 433 g/mol. The van der Waals surface area contributed by atoms with Crippen LogP contribution < -0.4 is 9.82 Å². The number of urea groups is 1. The summed E-state index contributed by atoms with van der Waals surface area (Å²) < 4.78 is 19.7. The van der Waals surface area contributed by atoms with Crippen LogP contribution in [-0.4, -0.2) is 25.4 Å². The van der Waals surface area contributed by atoms with Crippen LogP contribution >= 0.6 is 11.3 Å². The van der Waals surface area contributed by atoms with Crippen LogP contribution in [0, 0.1) is 17.1 Å². The number of nitriles is 1. The molecule has 0 aliphatic rings. The van der Waals surface area contributed by atoms with Crippen LogP contribution in [0.1, 0.15) is 75.1 Å². The van der Waals surface area contributed by atoms with Crippen molar-refractivity contribution in [3.8, 4) is 6.07 Å². The predicted molar refractivity (Wildman–Crippen MR) is 115 cm³/mol. The average Bonchev–Trinajstić information content (AvgIpc) is 3.09. The number of nitrogens with zero attached hydrogens (tertiary/aromatic N) is 3. The number of aliphatic hydroxyl groups is 1. The molecule has 0 saturated carbocycles. The van der Waals surface area contributed by atoms with Crippen LogP contribution in [0.3, 0.4) is 0 Å². The van der Waals surface area contributed by atoms with Crippen molar-refractivity contribution in [3.05, 3.63) is 39.8 Å². The second-order valence-corrected chi connectivity index (χ2v) is 10.5. The summed E-state index contributed by atoms with van der Waals surface area (Å²) in [7, 11) is -0.730. The SMILES string of the molecule is CC(C)c1cc(C#N)c(F)c(C(C)C)c1NC(=O)/N=[SiH]/c1cnc(C(C)(C)O)s1. The van der Waals surface area contributed by atoms with E-state index in [1.54, 1.807) is 20.0 Å². The summed E-state index contributed by atoms with van der Waals surface area (Å²) in [5.41, 5.74) is 0.340. The zero-order chi connectivity index (χ0) is 21.9. The molecule has 0 atom stereocenters. The number of hydrogen-bond donors (Lipinski definition) is 2. The molecule has 2 N–H and O–H groups in total. The minimum Gasteiger partial charge on any atom is -0.383 e. The summed E-state index contributed by atoms with van der Waals surface area (Å²) in [6.07, 6.45) is 1.62. The third-order valence-electron chi connectivity index (χ3n) is 4.24. The Morgan fingerprint density at radius 3 is 2.52 bits per heavy atom. The highest BCUT2D eigenvalue weighted by molar-refractivity contribution is 7.20. The number of thiazole rings is 1. The number of amides is 2. The standard InChI is InChI=1S/C20H25FN4O2SSi/c1-10(2)13-7-12(8-22)16(21)15(11(3)4)17(13)24-19(26)25-29-14-9-23-18(28-14)20(5,6)27/h7,9-11,27,29H,1-6H3,(H,24,26)/b29-25+. The van der Waals surface area contributed by atoms with E-state index in [2.05, 4.69) is 14.9 Å². The van der Waals surface area contributed by atoms with E-state index < -0.39 is 26.8 Å². The van der Waals surface area contributed by atoms with Crippen molar-refractivity contribution in [2.24, 2.45) is 4.63 Å². The van der Waals surface area contributed by atoms with Crippen molar-refractivity contribution in [2.75, 3.05) is 5.32 Å². The number of nitrogens with one attached hydrogen (secondary N) is 1. The highest BCUT2D eigenvalue weighted by Gasteiger charge is 2.23. The molecule has 1 aromatic heterocycles. The maximum atomic E-state index is 14.8. The van der Waals surface area contributed by atoms with E-state index >= 15 is 0 Å². The second kappa shape index (κ2) is 9.03. The zero-order valence-electron chi connectivity index (χ0n) is 17.4. The van der Waals surface area contributed by atoms with E-state index in [9.17, 15) is 19.6 Å². The van der Waals surface area contributed by atoms with Crippen molar-refractivity contribution in [1.29, 1.82) is 5.26 Å². The molecule has 0 aliphatic carbocycles. The van der Waals surface area contributed by atoms with Crippen molar-refractivity contribution in [3.63, 3.8) is 0 Å². The van der Waals surface area contributed by atoms with E-state index in [0.29, 0.717) is 21.8 Å². The Kier molecular flexibility index (Phi) is 7.16. The van der Waals surface area contributed by atoms with E-state index in [4.69, 9.17) is 0 Å². The molecular formula is C20H25FN4O2SSi. The molecule has 0 radical (unpaired) electrons. The van der Waals surface area contributed by atoms with Gasteiger partial charge < -0.3 is 10.4 Å². The molecule has 1 aromatic carbocycles. The third-order valence-corrected chi connectivity index (χ3v) is 6.81. The fraction of sp³-hybridized carbons (Fsp3) is 0.450. The summed E-state index contributed by atoms with van der Waals surface area (Å²) in [5, 5.41) is 22.6. The largest absolute Gasteiger partial charge is 0.383 e. The van der Waals surface area contributed by atoms with Gasteiger partial charge in [-0.15, -0.1) is 11.3 Å². The monoisotopic (exact) mass is 432 g/mol. The van der Waals surface area contributed by atoms with Gasteiger partial charge in [0.05, 0.1) is 11.3 Å². The van der Waals surface area contributed by atoms with Gasteiger partial charge in [0.15, 0.2) is 9.31 Å². The normalized spacial score (nSPS) is 12.0. The molecule has 9 heteroatoms.